The second-order valence-electron chi connectivity index (χ2n) is 4.50. The number of benzene rings is 1. The number of nitrogens with zero attached hydrogens (tertiary/aromatic N) is 1. The minimum Gasteiger partial charge on any atom is -0.256 e. The molecule has 0 bridgehead atoms. The molecule has 0 unspecified atom stereocenters. The van der Waals surface area contributed by atoms with Gasteiger partial charge in [-0.3, -0.25) is 4.98 Å². The molecule has 0 N–H and O–H groups in total. The first kappa shape index (κ1) is 11.8. The lowest BCUT2D eigenvalue weighted by Gasteiger charge is -2.20. The lowest BCUT2D eigenvalue weighted by atomic mass is 9.95. The summed E-state index contributed by atoms with van der Waals surface area (Å²) in [5, 5.41) is 1.29. The molecule has 0 aliphatic heterocycles. The van der Waals surface area contributed by atoms with Crippen LogP contribution >= 0.6 is 22.6 Å². The number of halogens is 1. The van der Waals surface area contributed by atoms with Gasteiger partial charge in [0.05, 0.1) is 5.52 Å². The summed E-state index contributed by atoms with van der Waals surface area (Å²) in [5.41, 5.74) is 3.86. The topological polar surface area (TPSA) is 12.9 Å². The first-order valence-corrected chi connectivity index (χ1v) is 6.68. The van der Waals surface area contributed by atoms with Crippen molar-refractivity contribution in [3.63, 3.8) is 0 Å². The second kappa shape index (κ2) is 4.32. The molecule has 1 nitrogen and oxygen atoms in total. The Kier molecular flexibility index (Phi) is 3.19. The maximum Gasteiger partial charge on any atom is 0.0737 e. The van der Waals surface area contributed by atoms with Crippen molar-refractivity contribution >= 4 is 33.5 Å². The smallest absolute Gasteiger partial charge is 0.0737 e. The number of rotatable bonds is 2. The van der Waals surface area contributed by atoms with Crippen molar-refractivity contribution in [3.8, 4) is 0 Å². The van der Waals surface area contributed by atoms with Gasteiger partial charge in [0.15, 0.2) is 0 Å². The van der Waals surface area contributed by atoms with Crippen LogP contribution in [0.3, 0.4) is 0 Å². The Bertz CT molecular complexity index is 512. The summed E-state index contributed by atoms with van der Waals surface area (Å²) in [6.45, 7) is 6.65. The predicted octanol–water partition coefficient (Wildman–Crippen LogP) is 4.47. The molecule has 1 heterocycles. The Hall–Kier alpha value is -0.640. The van der Waals surface area contributed by atoms with Gasteiger partial charge in [-0.1, -0.05) is 47.7 Å². The molecule has 84 valence electrons. The Morgan fingerprint density at radius 2 is 2.00 bits per heavy atom. The van der Waals surface area contributed by atoms with Crippen LogP contribution in [0.5, 0.6) is 0 Å². The van der Waals surface area contributed by atoms with Crippen LogP contribution in [0.1, 0.15) is 31.9 Å². The van der Waals surface area contributed by atoms with Gasteiger partial charge < -0.3 is 0 Å². The highest BCUT2D eigenvalue weighted by atomic mass is 127. The molecular weight excluding hydrogens is 309 g/mol. The fourth-order valence-electron chi connectivity index (χ4n) is 2.03. The van der Waals surface area contributed by atoms with Crippen LogP contribution in [-0.4, -0.2) is 4.98 Å². The maximum atomic E-state index is 4.52. The highest BCUT2D eigenvalue weighted by Gasteiger charge is 2.19. The highest BCUT2D eigenvalue weighted by Crippen LogP contribution is 2.36. The monoisotopic (exact) mass is 325 g/mol. The van der Waals surface area contributed by atoms with E-state index in [9.17, 15) is 0 Å². The van der Waals surface area contributed by atoms with Crippen molar-refractivity contribution in [2.75, 3.05) is 0 Å². The van der Waals surface area contributed by atoms with Crippen LogP contribution in [-0.2, 0) is 9.84 Å². The summed E-state index contributed by atoms with van der Waals surface area (Å²) in [5.74, 6) is 0. The molecule has 0 saturated carbocycles. The van der Waals surface area contributed by atoms with Crippen LogP contribution < -0.4 is 0 Å². The van der Waals surface area contributed by atoms with E-state index < -0.39 is 0 Å². The predicted molar refractivity (Wildman–Crippen MR) is 78.2 cm³/mol. The minimum absolute atomic E-state index is 0.144. The molecule has 0 fully saturated rings. The maximum absolute atomic E-state index is 4.52. The van der Waals surface area contributed by atoms with E-state index in [1.807, 2.05) is 12.3 Å². The van der Waals surface area contributed by atoms with Gasteiger partial charge in [-0.2, -0.15) is 0 Å². The largest absolute Gasteiger partial charge is 0.256 e. The fraction of sp³-hybridized carbons (Fsp3) is 0.357. The van der Waals surface area contributed by atoms with Crippen molar-refractivity contribution in [2.24, 2.45) is 0 Å². The Balaban J connectivity index is 2.80. The number of fused-ring (bicyclic) bond motifs is 1. The van der Waals surface area contributed by atoms with E-state index in [0.717, 1.165) is 11.9 Å². The molecule has 2 aromatic rings. The van der Waals surface area contributed by atoms with Crippen molar-refractivity contribution in [1.29, 1.82) is 0 Å². The lowest BCUT2D eigenvalue weighted by molar-refractivity contribution is 0.834. The summed E-state index contributed by atoms with van der Waals surface area (Å²) in [6, 6.07) is 8.66. The highest BCUT2D eigenvalue weighted by molar-refractivity contribution is 14.1. The third-order valence-electron chi connectivity index (χ3n) is 2.87. The number of aromatic nitrogens is 1. The zero-order valence-corrected chi connectivity index (χ0v) is 12.1. The first-order chi connectivity index (χ1) is 7.54. The van der Waals surface area contributed by atoms with Crippen LogP contribution in [0.25, 0.3) is 10.9 Å². The van der Waals surface area contributed by atoms with Crippen molar-refractivity contribution in [2.45, 2.75) is 30.6 Å². The van der Waals surface area contributed by atoms with Crippen molar-refractivity contribution in [3.05, 3.63) is 41.6 Å². The molecule has 0 atom stereocenters. The van der Waals surface area contributed by atoms with Gasteiger partial charge in [0, 0.05) is 15.0 Å². The molecule has 16 heavy (non-hydrogen) atoms. The van der Waals surface area contributed by atoms with E-state index in [-0.39, 0.29) is 3.42 Å². The van der Waals surface area contributed by atoms with E-state index in [4.69, 9.17) is 0 Å². The summed E-state index contributed by atoms with van der Waals surface area (Å²) in [7, 11) is 0. The normalized spacial score (nSPS) is 12.0. The third kappa shape index (κ3) is 2.08. The summed E-state index contributed by atoms with van der Waals surface area (Å²) < 4.78 is 0.144. The van der Waals surface area contributed by atoms with Crippen LogP contribution in [0.2, 0.25) is 0 Å². The molecule has 0 spiro atoms. The van der Waals surface area contributed by atoms with E-state index in [2.05, 4.69) is 66.5 Å². The molecule has 0 amide bonds. The summed E-state index contributed by atoms with van der Waals surface area (Å²) in [4.78, 5) is 4.52. The van der Waals surface area contributed by atoms with E-state index >= 15 is 0 Å². The number of hydrogen-bond donors (Lipinski definition) is 0. The average Bonchev–Trinajstić information content (AvgIpc) is 2.26. The Labute approximate surface area is 110 Å². The standard InChI is InChI=1S/C14H16IN/c1-4-10-7-8-12(14(2,3)15)11-6-5-9-16-13(10)11/h5-9H,4H2,1-3H3. The molecule has 2 heteroatoms. The minimum atomic E-state index is 0.144. The van der Waals surface area contributed by atoms with Crippen LogP contribution in [0, 0.1) is 0 Å². The molecule has 0 aliphatic carbocycles. The second-order valence-corrected chi connectivity index (χ2v) is 7.19. The summed E-state index contributed by atoms with van der Waals surface area (Å²) >= 11 is 2.49. The molecule has 0 radical (unpaired) electrons. The van der Waals surface area contributed by atoms with Gasteiger partial charge >= 0.3 is 0 Å². The van der Waals surface area contributed by atoms with Crippen molar-refractivity contribution < 1.29 is 0 Å². The zero-order valence-electron chi connectivity index (χ0n) is 9.92. The molecule has 0 aliphatic rings. The van der Waals surface area contributed by atoms with Gasteiger partial charge in [0.25, 0.3) is 0 Å². The number of aryl methyl sites for hydroxylation is 1. The van der Waals surface area contributed by atoms with Gasteiger partial charge in [-0.05, 0) is 37.5 Å². The number of hydrogen-bond acceptors (Lipinski definition) is 1. The Morgan fingerprint density at radius 3 is 2.62 bits per heavy atom. The number of pyridine rings is 1. The fourth-order valence-corrected chi connectivity index (χ4v) is 2.51. The third-order valence-corrected chi connectivity index (χ3v) is 3.46. The van der Waals surface area contributed by atoms with Gasteiger partial charge in [-0.25, -0.2) is 0 Å². The Morgan fingerprint density at radius 1 is 1.25 bits per heavy atom. The molecule has 1 aromatic heterocycles. The van der Waals surface area contributed by atoms with Gasteiger partial charge in [0.2, 0.25) is 0 Å². The van der Waals surface area contributed by atoms with Gasteiger partial charge in [-0.15, -0.1) is 0 Å². The zero-order chi connectivity index (χ0) is 11.8. The first-order valence-electron chi connectivity index (χ1n) is 5.60. The molecular formula is C14H16IN. The van der Waals surface area contributed by atoms with Crippen LogP contribution in [0.15, 0.2) is 30.5 Å². The average molecular weight is 325 g/mol. The van der Waals surface area contributed by atoms with E-state index in [0.29, 0.717) is 0 Å². The SMILES string of the molecule is CCc1ccc(C(C)(C)I)c2cccnc12. The summed E-state index contributed by atoms with van der Waals surface area (Å²) in [6.07, 6.45) is 2.92. The lowest BCUT2D eigenvalue weighted by Crippen LogP contribution is -2.08. The van der Waals surface area contributed by atoms with E-state index in [1.54, 1.807) is 0 Å². The molecule has 1 aromatic carbocycles. The number of alkyl halides is 1. The quantitative estimate of drug-likeness (QED) is 0.586. The van der Waals surface area contributed by atoms with Gasteiger partial charge in [0.1, 0.15) is 0 Å². The molecule has 2 rings (SSSR count). The van der Waals surface area contributed by atoms with E-state index in [1.165, 1.54) is 16.5 Å². The van der Waals surface area contributed by atoms with Crippen molar-refractivity contribution in [1.82, 2.24) is 4.98 Å². The molecule has 0 saturated heterocycles. The van der Waals surface area contributed by atoms with Crippen LogP contribution in [0.4, 0.5) is 0 Å².